The molecule has 3 rings (SSSR count). The molecule has 3 aromatic rings. The number of halogens is 2. The van der Waals surface area contributed by atoms with Crippen molar-refractivity contribution in [3.63, 3.8) is 0 Å². The van der Waals surface area contributed by atoms with Crippen molar-refractivity contribution in [3.8, 4) is 0 Å². The number of carbonyl (C=O) groups excluding carboxylic acids is 2. The zero-order valence-corrected chi connectivity index (χ0v) is 15.5. The zero-order valence-electron chi connectivity index (χ0n) is 15.5. The van der Waals surface area contributed by atoms with E-state index in [1.807, 2.05) is 0 Å². The monoisotopic (exact) mass is 396 g/mol. The van der Waals surface area contributed by atoms with Gasteiger partial charge in [0.05, 0.1) is 11.3 Å². The van der Waals surface area contributed by atoms with Gasteiger partial charge in [-0.1, -0.05) is 0 Å². The summed E-state index contributed by atoms with van der Waals surface area (Å²) in [5.74, 6) is -1.70. The second-order valence-corrected chi connectivity index (χ2v) is 6.37. The predicted molar refractivity (Wildman–Crippen MR) is 106 cm³/mol. The molecule has 0 aliphatic carbocycles. The highest BCUT2D eigenvalue weighted by Gasteiger charge is 2.11. The number of primary amides is 1. The second-order valence-electron chi connectivity index (χ2n) is 6.37. The fourth-order valence-electron chi connectivity index (χ4n) is 2.71. The molecule has 6 nitrogen and oxygen atoms in total. The molecule has 0 fully saturated rings. The average molecular weight is 396 g/mol. The Bertz CT molecular complexity index is 1050. The molecule has 0 radical (unpaired) electrons. The van der Waals surface area contributed by atoms with Gasteiger partial charge in [0.2, 0.25) is 0 Å². The van der Waals surface area contributed by atoms with Gasteiger partial charge >= 0.3 is 0 Å². The van der Waals surface area contributed by atoms with Gasteiger partial charge in [0, 0.05) is 36.1 Å². The average Bonchev–Trinajstić information content (AvgIpc) is 2.66. The van der Waals surface area contributed by atoms with Crippen LogP contribution in [0.25, 0.3) is 0 Å². The Balaban J connectivity index is 1.81. The van der Waals surface area contributed by atoms with E-state index >= 15 is 0 Å². The summed E-state index contributed by atoms with van der Waals surface area (Å²) < 4.78 is 26.7. The number of amides is 1. The number of pyridine rings is 1. The summed E-state index contributed by atoms with van der Waals surface area (Å²) in [6.45, 7) is 1.56. The molecule has 2 aromatic carbocycles. The van der Waals surface area contributed by atoms with Crippen LogP contribution < -0.4 is 16.4 Å². The molecule has 1 amide bonds. The van der Waals surface area contributed by atoms with Crippen LogP contribution in [-0.4, -0.2) is 16.7 Å². The van der Waals surface area contributed by atoms with Crippen molar-refractivity contribution < 1.29 is 18.4 Å². The van der Waals surface area contributed by atoms with Gasteiger partial charge in [-0.15, -0.1) is 0 Å². The van der Waals surface area contributed by atoms with Crippen LogP contribution in [-0.2, 0) is 6.54 Å². The van der Waals surface area contributed by atoms with E-state index in [9.17, 15) is 18.4 Å². The third kappa shape index (κ3) is 5.13. The highest BCUT2D eigenvalue weighted by molar-refractivity contribution is 5.98. The smallest absolute Gasteiger partial charge is 0.252 e. The number of hydrogen-bond donors (Lipinski definition) is 3. The van der Waals surface area contributed by atoms with Crippen LogP contribution in [0.4, 0.5) is 26.0 Å². The van der Waals surface area contributed by atoms with E-state index in [2.05, 4.69) is 15.6 Å². The summed E-state index contributed by atoms with van der Waals surface area (Å²) in [6, 6.07) is 11.5. The number of nitrogens with zero attached hydrogens (tertiary/aromatic N) is 1. The summed E-state index contributed by atoms with van der Waals surface area (Å²) in [7, 11) is 0. The quantitative estimate of drug-likeness (QED) is 0.524. The highest BCUT2D eigenvalue weighted by atomic mass is 19.1. The molecule has 0 aliphatic heterocycles. The maximum Gasteiger partial charge on any atom is 0.252 e. The number of anilines is 3. The lowest BCUT2D eigenvalue weighted by atomic mass is 10.1. The zero-order chi connectivity index (χ0) is 21.0. The Hall–Kier alpha value is -3.81. The van der Waals surface area contributed by atoms with Crippen molar-refractivity contribution in [3.05, 3.63) is 83.1 Å². The molecule has 1 aromatic heterocycles. The minimum Gasteiger partial charge on any atom is -0.380 e. The number of carbonyl (C=O) groups is 2. The minimum atomic E-state index is -0.692. The van der Waals surface area contributed by atoms with Gasteiger partial charge in [0.1, 0.15) is 17.5 Å². The molecule has 8 heteroatoms. The third-order valence-corrected chi connectivity index (χ3v) is 4.14. The van der Waals surface area contributed by atoms with Crippen LogP contribution in [0.3, 0.4) is 0 Å². The van der Waals surface area contributed by atoms with Crippen LogP contribution in [0.5, 0.6) is 0 Å². The van der Waals surface area contributed by atoms with Crippen LogP contribution in [0.1, 0.15) is 33.2 Å². The number of hydrogen-bond acceptors (Lipinski definition) is 5. The van der Waals surface area contributed by atoms with Gasteiger partial charge in [-0.05, 0) is 48.9 Å². The molecular weight excluding hydrogens is 378 g/mol. The number of nitrogens with one attached hydrogen (secondary N) is 2. The number of Topliss-reactive ketones (excluding diaryl/α,β-unsaturated/α-hetero) is 1. The first-order chi connectivity index (χ1) is 13.8. The largest absolute Gasteiger partial charge is 0.380 e. The van der Waals surface area contributed by atoms with E-state index in [-0.39, 0.29) is 17.9 Å². The van der Waals surface area contributed by atoms with Crippen molar-refractivity contribution in [1.82, 2.24) is 4.98 Å². The summed E-state index contributed by atoms with van der Waals surface area (Å²) in [5.41, 5.74) is 7.52. The Morgan fingerprint density at radius 2 is 1.69 bits per heavy atom. The number of benzene rings is 2. The van der Waals surface area contributed by atoms with Crippen LogP contribution in [0.2, 0.25) is 0 Å². The van der Waals surface area contributed by atoms with Crippen molar-refractivity contribution in [1.29, 1.82) is 0 Å². The van der Waals surface area contributed by atoms with E-state index < -0.39 is 17.5 Å². The van der Waals surface area contributed by atoms with Gasteiger partial charge in [-0.25, -0.2) is 13.8 Å². The fourth-order valence-corrected chi connectivity index (χ4v) is 2.71. The molecule has 29 heavy (non-hydrogen) atoms. The SMILES string of the molecule is CC(=O)c1ccc(Nc2cc(NCc3cc(F)cc(F)c3)c(C(N)=O)cn2)cc1. The van der Waals surface area contributed by atoms with Crippen LogP contribution >= 0.6 is 0 Å². The lowest BCUT2D eigenvalue weighted by Gasteiger charge is -2.13. The molecule has 0 unspecified atom stereocenters. The molecular formula is C21H18F2N4O2. The first-order valence-corrected chi connectivity index (χ1v) is 8.68. The van der Waals surface area contributed by atoms with Crippen molar-refractivity contribution in [2.75, 3.05) is 10.6 Å². The number of rotatable bonds is 7. The van der Waals surface area contributed by atoms with E-state index in [1.165, 1.54) is 25.3 Å². The van der Waals surface area contributed by atoms with Gasteiger partial charge in [-0.3, -0.25) is 9.59 Å². The van der Waals surface area contributed by atoms with Crippen molar-refractivity contribution in [2.24, 2.45) is 5.73 Å². The van der Waals surface area contributed by atoms with E-state index in [0.29, 0.717) is 28.3 Å². The Morgan fingerprint density at radius 3 is 2.28 bits per heavy atom. The predicted octanol–water partition coefficient (Wildman–Crippen LogP) is 4.02. The highest BCUT2D eigenvalue weighted by Crippen LogP contribution is 2.23. The summed E-state index contributed by atoms with van der Waals surface area (Å²) in [5, 5.41) is 6.02. The van der Waals surface area contributed by atoms with Gasteiger partial charge < -0.3 is 16.4 Å². The Labute approximate surface area is 165 Å². The van der Waals surface area contributed by atoms with Gasteiger partial charge in [-0.2, -0.15) is 0 Å². The number of ketones is 1. The van der Waals surface area contributed by atoms with Gasteiger partial charge in [0.25, 0.3) is 5.91 Å². The maximum atomic E-state index is 13.4. The molecule has 4 N–H and O–H groups in total. The fraction of sp³-hybridized carbons (Fsp3) is 0.0952. The van der Waals surface area contributed by atoms with Crippen molar-refractivity contribution in [2.45, 2.75) is 13.5 Å². The summed E-state index contributed by atoms with van der Waals surface area (Å²) in [6.07, 6.45) is 1.31. The number of nitrogens with two attached hydrogens (primary N) is 1. The lowest BCUT2D eigenvalue weighted by molar-refractivity contribution is 0.0996. The maximum absolute atomic E-state index is 13.4. The van der Waals surface area contributed by atoms with Gasteiger partial charge in [0.15, 0.2) is 5.78 Å². The first kappa shape index (κ1) is 19.9. The minimum absolute atomic E-state index is 0.0410. The molecule has 0 saturated heterocycles. The molecule has 0 spiro atoms. The third-order valence-electron chi connectivity index (χ3n) is 4.14. The van der Waals surface area contributed by atoms with Crippen LogP contribution in [0.15, 0.2) is 54.7 Å². The van der Waals surface area contributed by atoms with Crippen molar-refractivity contribution >= 4 is 28.9 Å². The lowest BCUT2D eigenvalue weighted by Crippen LogP contribution is -2.15. The number of aromatic nitrogens is 1. The Kier molecular flexibility index (Phi) is 5.82. The molecule has 148 valence electrons. The normalized spacial score (nSPS) is 10.4. The van der Waals surface area contributed by atoms with Crippen LogP contribution in [0, 0.1) is 11.6 Å². The molecule has 0 saturated carbocycles. The topological polar surface area (TPSA) is 97.1 Å². The summed E-state index contributed by atoms with van der Waals surface area (Å²) in [4.78, 5) is 27.2. The molecule has 0 aliphatic rings. The second kappa shape index (κ2) is 8.47. The molecule has 1 heterocycles. The molecule has 0 atom stereocenters. The molecule has 0 bridgehead atoms. The first-order valence-electron chi connectivity index (χ1n) is 8.68. The van der Waals surface area contributed by atoms with E-state index in [4.69, 9.17) is 5.73 Å². The standard InChI is InChI=1S/C21H18F2N4O2/c1-12(28)14-2-4-17(5-3-14)27-20-9-19(18(11-26-20)21(24)29)25-10-13-6-15(22)8-16(23)7-13/h2-9,11H,10H2,1H3,(H2,24,29)(H2,25,26,27). The summed E-state index contributed by atoms with van der Waals surface area (Å²) >= 11 is 0. The van der Waals surface area contributed by atoms with E-state index in [0.717, 1.165) is 6.07 Å². The van der Waals surface area contributed by atoms with E-state index in [1.54, 1.807) is 30.3 Å². The Morgan fingerprint density at radius 1 is 1.03 bits per heavy atom.